The minimum atomic E-state index is -1.50. The fraction of sp³-hybridized carbons (Fsp3) is 0.0667. The van der Waals surface area contributed by atoms with Gasteiger partial charge in [0.25, 0.3) is 5.91 Å². The van der Waals surface area contributed by atoms with Crippen LogP contribution in [0, 0.1) is 10.1 Å². The molecule has 1 N–H and O–H groups in total. The van der Waals surface area contributed by atoms with Crippen LogP contribution in [-0.4, -0.2) is 23.9 Å². The molecule has 0 saturated carbocycles. The topological polar surface area (TPSA) is 122 Å². The molecule has 24 heavy (non-hydrogen) atoms. The lowest BCUT2D eigenvalue weighted by Gasteiger charge is -2.12. The summed E-state index contributed by atoms with van der Waals surface area (Å²) in [5.41, 5.74) is -0.787. The van der Waals surface area contributed by atoms with Crippen molar-refractivity contribution in [2.24, 2.45) is 0 Å². The average molecular weight is 350 g/mol. The minimum absolute atomic E-state index is 0.00488. The van der Waals surface area contributed by atoms with E-state index in [2.05, 4.69) is 5.32 Å². The lowest BCUT2D eigenvalue weighted by Crippen LogP contribution is -2.24. The number of hydrogen-bond donors (Lipinski definition) is 1. The predicted molar refractivity (Wildman–Crippen MR) is 83.4 cm³/mol. The Hall–Kier alpha value is -3.13. The Balaban J connectivity index is 2.37. The Morgan fingerprint density at radius 2 is 1.92 bits per heavy atom. The van der Waals surface area contributed by atoms with E-state index in [0.29, 0.717) is 0 Å². The molecule has 2 aromatic rings. The molecular weight excluding hydrogens is 340 g/mol. The van der Waals surface area contributed by atoms with Gasteiger partial charge >= 0.3 is 5.69 Å². The first kappa shape index (κ1) is 17.2. The zero-order valence-electron chi connectivity index (χ0n) is 12.2. The number of carbonyl (C=O) groups excluding carboxylic acids is 2. The standard InChI is InChI=1S/C15H11ClN2O6/c1-24-13-5-2-8(6-12(13)18(22)23)14(19)17-11-7-9(16)3-4-10(11)15(20)21/h2-7H,1H3,(H,17,19)(H,20,21)/p-1. The third-order valence-corrected chi connectivity index (χ3v) is 3.32. The molecule has 124 valence electrons. The second-order valence-corrected chi connectivity index (χ2v) is 5.01. The van der Waals surface area contributed by atoms with Gasteiger partial charge in [-0.2, -0.15) is 0 Å². The van der Waals surface area contributed by atoms with Crippen molar-refractivity contribution in [1.29, 1.82) is 0 Å². The summed E-state index contributed by atoms with van der Waals surface area (Å²) in [5, 5.41) is 24.6. The van der Waals surface area contributed by atoms with Gasteiger partial charge in [0.1, 0.15) is 0 Å². The maximum atomic E-state index is 12.2. The van der Waals surface area contributed by atoms with Crippen LogP contribution in [0.2, 0.25) is 5.02 Å². The van der Waals surface area contributed by atoms with E-state index in [0.717, 1.165) is 6.07 Å². The number of carbonyl (C=O) groups is 2. The first-order valence-electron chi connectivity index (χ1n) is 6.48. The van der Waals surface area contributed by atoms with Crippen molar-refractivity contribution in [2.75, 3.05) is 12.4 Å². The van der Waals surface area contributed by atoms with Gasteiger partial charge in [-0.05, 0) is 30.3 Å². The zero-order chi connectivity index (χ0) is 17.9. The van der Waals surface area contributed by atoms with E-state index >= 15 is 0 Å². The first-order valence-corrected chi connectivity index (χ1v) is 6.86. The van der Waals surface area contributed by atoms with E-state index in [9.17, 15) is 24.8 Å². The van der Waals surface area contributed by atoms with Crippen LogP contribution >= 0.6 is 11.6 Å². The maximum absolute atomic E-state index is 12.2. The van der Waals surface area contributed by atoms with Crippen LogP contribution in [0.25, 0.3) is 0 Å². The van der Waals surface area contributed by atoms with Gasteiger partial charge in [0.05, 0.1) is 23.7 Å². The number of methoxy groups -OCH3 is 1. The summed E-state index contributed by atoms with van der Waals surface area (Å²) >= 11 is 5.79. The normalized spacial score (nSPS) is 10.1. The van der Waals surface area contributed by atoms with E-state index in [4.69, 9.17) is 16.3 Å². The summed E-state index contributed by atoms with van der Waals surface area (Å²) in [6, 6.07) is 7.36. The molecule has 0 radical (unpaired) electrons. The predicted octanol–water partition coefficient (Wildman–Crippen LogP) is 1.87. The number of nitrogens with zero attached hydrogens (tertiary/aromatic N) is 1. The van der Waals surface area contributed by atoms with Crippen LogP contribution in [0.5, 0.6) is 5.75 Å². The lowest BCUT2D eigenvalue weighted by atomic mass is 10.1. The van der Waals surface area contributed by atoms with Crippen LogP contribution in [0.3, 0.4) is 0 Å². The van der Waals surface area contributed by atoms with Gasteiger partial charge in [0.15, 0.2) is 5.75 Å². The van der Waals surface area contributed by atoms with Crippen LogP contribution in [0.1, 0.15) is 20.7 Å². The maximum Gasteiger partial charge on any atom is 0.311 e. The average Bonchev–Trinajstić information content (AvgIpc) is 2.53. The second kappa shape index (κ2) is 6.97. The number of hydrogen-bond acceptors (Lipinski definition) is 6. The number of benzene rings is 2. The third kappa shape index (κ3) is 3.61. The highest BCUT2D eigenvalue weighted by molar-refractivity contribution is 6.31. The van der Waals surface area contributed by atoms with E-state index in [1.54, 1.807) is 0 Å². The van der Waals surface area contributed by atoms with Gasteiger partial charge < -0.3 is 20.0 Å². The number of anilines is 1. The molecule has 0 aromatic heterocycles. The van der Waals surface area contributed by atoms with Crippen LogP contribution < -0.4 is 15.2 Å². The molecule has 0 heterocycles. The molecule has 0 aliphatic carbocycles. The van der Waals surface area contributed by atoms with E-state index in [1.165, 1.54) is 37.4 Å². The summed E-state index contributed by atoms with van der Waals surface area (Å²) in [7, 11) is 1.26. The fourth-order valence-corrected chi connectivity index (χ4v) is 2.14. The fourth-order valence-electron chi connectivity index (χ4n) is 1.97. The number of carboxylic acid groups (broad SMARTS) is 1. The molecule has 2 aromatic carbocycles. The highest BCUT2D eigenvalue weighted by atomic mass is 35.5. The molecule has 0 saturated heterocycles. The van der Waals surface area contributed by atoms with E-state index in [1.807, 2.05) is 0 Å². The number of amides is 1. The summed E-state index contributed by atoms with van der Waals surface area (Å²) in [5.74, 6) is -2.25. The van der Waals surface area contributed by atoms with Crippen molar-refractivity contribution < 1.29 is 24.4 Å². The van der Waals surface area contributed by atoms with Crippen molar-refractivity contribution in [3.8, 4) is 5.75 Å². The first-order chi connectivity index (χ1) is 11.3. The smallest absolute Gasteiger partial charge is 0.311 e. The molecule has 0 fully saturated rings. The third-order valence-electron chi connectivity index (χ3n) is 3.09. The number of nitro benzene ring substituents is 1. The Kier molecular flexibility index (Phi) is 5.00. The molecule has 2 rings (SSSR count). The van der Waals surface area contributed by atoms with Crippen molar-refractivity contribution in [3.63, 3.8) is 0 Å². The van der Waals surface area contributed by atoms with Gasteiger partial charge in [-0.25, -0.2) is 0 Å². The SMILES string of the molecule is COc1ccc(C(=O)Nc2cc(Cl)ccc2C(=O)[O-])cc1[N+](=O)[O-]. The molecule has 0 unspecified atom stereocenters. The van der Waals surface area contributed by atoms with Gasteiger partial charge in [-0.15, -0.1) is 0 Å². The minimum Gasteiger partial charge on any atom is -0.545 e. The number of nitro groups is 1. The van der Waals surface area contributed by atoms with Gasteiger partial charge in [0, 0.05) is 22.2 Å². The van der Waals surface area contributed by atoms with Crippen molar-refractivity contribution in [3.05, 3.63) is 62.7 Å². The number of carboxylic acids is 1. The molecule has 8 nitrogen and oxygen atoms in total. The number of rotatable bonds is 5. The van der Waals surface area contributed by atoms with E-state index in [-0.39, 0.29) is 27.6 Å². The Labute approximate surface area is 140 Å². The Morgan fingerprint density at radius 3 is 2.50 bits per heavy atom. The second-order valence-electron chi connectivity index (χ2n) is 4.58. The quantitative estimate of drug-likeness (QED) is 0.649. The molecule has 9 heteroatoms. The van der Waals surface area contributed by atoms with Gasteiger partial charge in [-0.1, -0.05) is 11.6 Å². The zero-order valence-corrected chi connectivity index (χ0v) is 13.0. The number of aromatic carboxylic acids is 1. The number of nitrogens with one attached hydrogen (secondary N) is 1. The summed E-state index contributed by atoms with van der Waals surface area (Å²) in [4.78, 5) is 33.6. The van der Waals surface area contributed by atoms with Crippen LogP contribution in [0.4, 0.5) is 11.4 Å². The molecule has 1 amide bonds. The van der Waals surface area contributed by atoms with Crippen molar-refractivity contribution in [2.45, 2.75) is 0 Å². The summed E-state index contributed by atoms with van der Waals surface area (Å²) in [6.45, 7) is 0. The lowest BCUT2D eigenvalue weighted by molar-refractivity contribution is -0.385. The number of ether oxygens (including phenoxy) is 1. The Morgan fingerprint density at radius 1 is 1.21 bits per heavy atom. The monoisotopic (exact) mass is 349 g/mol. The van der Waals surface area contributed by atoms with Crippen molar-refractivity contribution in [1.82, 2.24) is 0 Å². The molecule has 0 bridgehead atoms. The summed E-state index contributed by atoms with van der Waals surface area (Å²) < 4.78 is 4.85. The van der Waals surface area contributed by atoms with E-state index < -0.39 is 22.5 Å². The van der Waals surface area contributed by atoms with Crippen molar-refractivity contribution >= 4 is 34.9 Å². The van der Waals surface area contributed by atoms with Crippen LogP contribution in [-0.2, 0) is 0 Å². The number of halogens is 1. The molecule has 0 atom stereocenters. The molecule has 0 aliphatic heterocycles. The van der Waals surface area contributed by atoms with Gasteiger partial charge in [-0.3, -0.25) is 14.9 Å². The molecular formula is C15H10ClN2O6-. The Bertz CT molecular complexity index is 837. The summed E-state index contributed by atoms with van der Waals surface area (Å²) in [6.07, 6.45) is 0. The van der Waals surface area contributed by atoms with Crippen LogP contribution in [0.15, 0.2) is 36.4 Å². The highest BCUT2D eigenvalue weighted by Gasteiger charge is 2.19. The highest BCUT2D eigenvalue weighted by Crippen LogP contribution is 2.28. The molecule has 0 aliphatic rings. The molecule has 0 spiro atoms. The van der Waals surface area contributed by atoms with Gasteiger partial charge in [0.2, 0.25) is 0 Å². The largest absolute Gasteiger partial charge is 0.545 e.